The Hall–Kier alpha value is -0.120. The first-order valence-electron chi connectivity index (χ1n) is 6.77. The number of aliphatic hydroxyl groups is 1. The van der Waals surface area contributed by atoms with Crippen molar-refractivity contribution in [2.24, 2.45) is 11.7 Å². The van der Waals surface area contributed by atoms with E-state index >= 15 is 0 Å². The summed E-state index contributed by atoms with van der Waals surface area (Å²) in [6.45, 7) is 4.97. The van der Waals surface area contributed by atoms with Crippen molar-refractivity contribution in [2.45, 2.75) is 57.0 Å². The predicted octanol–water partition coefficient (Wildman–Crippen LogP) is 1.35. The van der Waals surface area contributed by atoms with E-state index in [1.165, 1.54) is 38.8 Å². The predicted molar refractivity (Wildman–Crippen MR) is 66.2 cm³/mol. The third kappa shape index (κ3) is 2.76. The van der Waals surface area contributed by atoms with E-state index in [4.69, 9.17) is 5.73 Å². The minimum atomic E-state index is -0.289. The summed E-state index contributed by atoms with van der Waals surface area (Å²) in [6, 6.07) is 0.627. The van der Waals surface area contributed by atoms with Crippen LogP contribution < -0.4 is 5.73 Å². The van der Waals surface area contributed by atoms with E-state index in [0.29, 0.717) is 6.04 Å². The molecule has 3 nitrogen and oxygen atoms in total. The Labute approximate surface area is 99.0 Å². The molecular weight excluding hydrogens is 200 g/mol. The summed E-state index contributed by atoms with van der Waals surface area (Å²) in [7, 11) is 0. The van der Waals surface area contributed by atoms with E-state index in [0.717, 1.165) is 18.8 Å². The van der Waals surface area contributed by atoms with Gasteiger partial charge in [0.1, 0.15) is 0 Å². The van der Waals surface area contributed by atoms with Crippen LogP contribution in [0.4, 0.5) is 0 Å². The number of nitrogens with two attached hydrogens (primary N) is 1. The molecule has 0 spiro atoms. The molecule has 0 bridgehead atoms. The molecule has 2 fully saturated rings. The Morgan fingerprint density at radius 2 is 2.12 bits per heavy atom. The normalized spacial score (nSPS) is 42.2. The van der Waals surface area contributed by atoms with Crippen molar-refractivity contribution in [1.29, 1.82) is 0 Å². The van der Waals surface area contributed by atoms with E-state index in [2.05, 4.69) is 11.8 Å². The quantitative estimate of drug-likeness (QED) is 0.747. The van der Waals surface area contributed by atoms with Gasteiger partial charge in [0.25, 0.3) is 0 Å². The van der Waals surface area contributed by atoms with Gasteiger partial charge >= 0.3 is 0 Å². The van der Waals surface area contributed by atoms with E-state index in [9.17, 15) is 5.11 Å². The van der Waals surface area contributed by atoms with Gasteiger partial charge < -0.3 is 15.7 Å². The molecule has 0 radical (unpaired) electrons. The van der Waals surface area contributed by atoms with Gasteiger partial charge in [0.05, 0.1) is 6.61 Å². The van der Waals surface area contributed by atoms with Crippen molar-refractivity contribution >= 4 is 0 Å². The van der Waals surface area contributed by atoms with Gasteiger partial charge in [-0.15, -0.1) is 0 Å². The lowest BCUT2D eigenvalue weighted by atomic mass is 10.0. The van der Waals surface area contributed by atoms with Crippen molar-refractivity contribution in [3.63, 3.8) is 0 Å². The number of aliphatic hydroxyl groups excluding tert-OH is 1. The molecule has 1 saturated heterocycles. The van der Waals surface area contributed by atoms with Crippen molar-refractivity contribution in [1.82, 2.24) is 4.90 Å². The third-order valence-electron chi connectivity index (χ3n) is 4.50. The summed E-state index contributed by atoms with van der Waals surface area (Å²) in [4.78, 5) is 2.62. The maximum atomic E-state index is 9.30. The number of nitrogens with zero attached hydrogens (tertiary/aromatic N) is 1. The molecule has 0 aromatic rings. The second kappa shape index (κ2) is 5.03. The lowest BCUT2D eigenvalue weighted by Crippen LogP contribution is -2.43. The molecular formula is C13H26N2O. The molecule has 0 aromatic carbocycles. The smallest absolute Gasteiger partial charge is 0.0611 e. The zero-order chi connectivity index (χ0) is 11.6. The zero-order valence-electron chi connectivity index (χ0n) is 10.5. The minimum absolute atomic E-state index is 0.147. The molecule has 2 rings (SSSR count). The molecule has 16 heavy (non-hydrogen) atoms. The van der Waals surface area contributed by atoms with Crippen LogP contribution in [0.3, 0.4) is 0 Å². The summed E-state index contributed by atoms with van der Waals surface area (Å²) in [5.74, 6) is 0.881. The largest absolute Gasteiger partial charge is 0.394 e. The first kappa shape index (κ1) is 12.3. The molecule has 1 saturated carbocycles. The Bertz CT molecular complexity index is 232. The zero-order valence-corrected chi connectivity index (χ0v) is 10.5. The average Bonchev–Trinajstić information content (AvgIpc) is 2.53. The van der Waals surface area contributed by atoms with Crippen LogP contribution in [-0.4, -0.2) is 41.3 Å². The first-order chi connectivity index (χ1) is 7.63. The topological polar surface area (TPSA) is 49.5 Å². The molecule has 3 atom stereocenters. The summed E-state index contributed by atoms with van der Waals surface area (Å²) < 4.78 is 0. The molecule has 94 valence electrons. The fourth-order valence-electron chi connectivity index (χ4n) is 3.23. The van der Waals surface area contributed by atoms with Crippen molar-refractivity contribution in [3.05, 3.63) is 0 Å². The van der Waals surface area contributed by atoms with Crippen LogP contribution >= 0.6 is 0 Å². The average molecular weight is 226 g/mol. The lowest BCUT2D eigenvalue weighted by Gasteiger charge is -2.29. The fraction of sp³-hybridized carbons (Fsp3) is 1.00. The highest BCUT2D eigenvalue weighted by Gasteiger charge is 2.37. The van der Waals surface area contributed by atoms with Crippen LogP contribution in [0.2, 0.25) is 0 Å². The molecule has 0 amide bonds. The minimum Gasteiger partial charge on any atom is -0.394 e. The maximum Gasteiger partial charge on any atom is 0.0611 e. The third-order valence-corrected chi connectivity index (χ3v) is 4.50. The first-order valence-corrected chi connectivity index (χ1v) is 6.77. The van der Waals surface area contributed by atoms with Gasteiger partial charge in [-0.3, -0.25) is 0 Å². The summed E-state index contributed by atoms with van der Waals surface area (Å²) >= 11 is 0. The summed E-state index contributed by atoms with van der Waals surface area (Å²) in [5.41, 5.74) is 5.86. The Morgan fingerprint density at radius 1 is 1.31 bits per heavy atom. The van der Waals surface area contributed by atoms with E-state index in [-0.39, 0.29) is 12.1 Å². The van der Waals surface area contributed by atoms with Gasteiger partial charge in [-0.2, -0.15) is 0 Å². The Morgan fingerprint density at radius 3 is 2.81 bits per heavy atom. The molecule has 2 aliphatic rings. The highest BCUT2D eigenvalue weighted by molar-refractivity contribution is 4.97. The molecule has 1 aliphatic carbocycles. The van der Waals surface area contributed by atoms with Crippen LogP contribution in [0.1, 0.15) is 45.4 Å². The number of likely N-dealkylation sites (tertiary alicyclic amines) is 1. The Balaban J connectivity index is 1.89. The highest BCUT2D eigenvalue weighted by Crippen LogP contribution is 2.32. The number of hydrogen-bond donors (Lipinski definition) is 2. The second-order valence-electron chi connectivity index (χ2n) is 5.99. The highest BCUT2D eigenvalue weighted by atomic mass is 16.3. The SMILES string of the molecule is CC1CCCN(C2CCC(N)(CO)C2)CC1. The summed E-state index contributed by atoms with van der Waals surface area (Å²) in [6.07, 6.45) is 7.17. The van der Waals surface area contributed by atoms with Crippen LogP contribution in [0.15, 0.2) is 0 Å². The van der Waals surface area contributed by atoms with E-state index in [1.807, 2.05) is 0 Å². The monoisotopic (exact) mass is 226 g/mol. The molecule has 0 aromatic heterocycles. The lowest BCUT2D eigenvalue weighted by molar-refractivity contribution is 0.167. The van der Waals surface area contributed by atoms with Gasteiger partial charge in [-0.1, -0.05) is 6.92 Å². The van der Waals surface area contributed by atoms with Crippen LogP contribution in [0, 0.1) is 5.92 Å². The van der Waals surface area contributed by atoms with Crippen molar-refractivity contribution < 1.29 is 5.11 Å². The van der Waals surface area contributed by atoms with Crippen LogP contribution in [0.25, 0.3) is 0 Å². The van der Waals surface area contributed by atoms with Crippen molar-refractivity contribution in [2.75, 3.05) is 19.7 Å². The van der Waals surface area contributed by atoms with Crippen LogP contribution in [-0.2, 0) is 0 Å². The second-order valence-corrected chi connectivity index (χ2v) is 5.99. The van der Waals surface area contributed by atoms with Gasteiger partial charge in [0, 0.05) is 11.6 Å². The maximum absolute atomic E-state index is 9.30. The van der Waals surface area contributed by atoms with Gasteiger partial charge in [-0.05, 0) is 57.5 Å². The van der Waals surface area contributed by atoms with Crippen LogP contribution in [0.5, 0.6) is 0 Å². The van der Waals surface area contributed by atoms with E-state index < -0.39 is 0 Å². The molecule has 3 N–H and O–H groups in total. The molecule has 3 unspecified atom stereocenters. The van der Waals surface area contributed by atoms with Crippen molar-refractivity contribution in [3.8, 4) is 0 Å². The van der Waals surface area contributed by atoms with E-state index in [1.54, 1.807) is 0 Å². The Kier molecular flexibility index (Phi) is 3.88. The van der Waals surface area contributed by atoms with Gasteiger partial charge in [0.2, 0.25) is 0 Å². The number of hydrogen-bond acceptors (Lipinski definition) is 3. The summed E-state index contributed by atoms with van der Waals surface area (Å²) in [5, 5.41) is 9.30. The molecule has 1 heterocycles. The fourth-order valence-corrected chi connectivity index (χ4v) is 3.23. The molecule has 1 aliphatic heterocycles. The van der Waals surface area contributed by atoms with Gasteiger partial charge in [0.15, 0.2) is 0 Å². The molecule has 3 heteroatoms. The van der Waals surface area contributed by atoms with Gasteiger partial charge in [-0.25, -0.2) is 0 Å². The standard InChI is InChI=1S/C13H26N2O/c1-11-3-2-7-15(8-5-11)12-4-6-13(14,9-12)10-16/h11-12,16H,2-10,14H2,1H3. The number of rotatable bonds is 2.